The SMILES string of the molecule is O=C([C@@H]1Cc2ccccc2CO1)N1CCC[C@@H](Oc2cnccn2)C1. The minimum absolute atomic E-state index is 0.0507. The molecule has 2 aliphatic rings. The first-order valence-corrected chi connectivity index (χ1v) is 8.69. The lowest BCUT2D eigenvalue weighted by molar-refractivity contribution is -0.148. The van der Waals surface area contributed by atoms with Gasteiger partial charge in [-0.25, -0.2) is 4.98 Å². The van der Waals surface area contributed by atoms with Crippen LogP contribution < -0.4 is 4.74 Å². The number of amides is 1. The fourth-order valence-electron chi connectivity index (χ4n) is 3.46. The summed E-state index contributed by atoms with van der Waals surface area (Å²) in [7, 11) is 0. The maximum absolute atomic E-state index is 12.9. The van der Waals surface area contributed by atoms with E-state index >= 15 is 0 Å². The molecule has 2 aromatic rings. The molecule has 2 aliphatic heterocycles. The van der Waals surface area contributed by atoms with Gasteiger partial charge in [0.2, 0.25) is 5.88 Å². The molecule has 6 nitrogen and oxygen atoms in total. The third-order valence-electron chi connectivity index (χ3n) is 4.76. The first kappa shape index (κ1) is 16.0. The number of fused-ring (bicyclic) bond motifs is 1. The smallest absolute Gasteiger partial charge is 0.252 e. The van der Waals surface area contributed by atoms with Gasteiger partial charge in [0.15, 0.2) is 0 Å². The van der Waals surface area contributed by atoms with E-state index in [-0.39, 0.29) is 12.0 Å². The number of carbonyl (C=O) groups excluding carboxylic acids is 1. The standard InChI is InChI=1S/C19H21N3O3/c23-19(17-10-14-4-1-2-5-15(14)13-24-17)22-9-3-6-16(12-22)25-18-11-20-7-8-21-18/h1-2,4-5,7-8,11,16-17H,3,6,9-10,12-13H2/t16-,17+/m1/s1. The monoisotopic (exact) mass is 339 g/mol. The van der Waals surface area contributed by atoms with Crippen LogP contribution in [0.1, 0.15) is 24.0 Å². The topological polar surface area (TPSA) is 64.5 Å². The Morgan fingerprint density at radius 1 is 1.24 bits per heavy atom. The molecule has 0 N–H and O–H groups in total. The van der Waals surface area contributed by atoms with Crippen molar-refractivity contribution in [3.05, 3.63) is 54.0 Å². The Hall–Kier alpha value is -2.47. The zero-order valence-electron chi connectivity index (χ0n) is 14.0. The summed E-state index contributed by atoms with van der Waals surface area (Å²) in [5.74, 6) is 0.562. The number of piperidine rings is 1. The summed E-state index contributed by atoms with van der Waals surface area (Å²) < 4.78 is 11.7. The molecule has 1 fully saturated rings. The molecule has 2 atom stereocenters. The van der Waals surface area contributed by atoms with E-state index in [0.717, 1.165) is 19.4 Å². The second-order valence-corrected chi connectivity index (χ2v) is 6.48. The van der Waals surface area contributed by atoms with Crippen LogP contribution in [0.4, 0.5) is 0 Å². The Kier molecular flexibility index (Phi) is 4.61. The van der Waals surface area contributed by atoms with Gasteiger partial charge >= 0.3 is 0 Å². The Balaban J connectivity index is 1.39. The Morgan fingerprint density at radius 2 is 2.12 bits per heavy atom. The molecule has 130 valence electrons. The second kappa shape index (κ2) is 7.19. The highest BCUT2D eigenvalue weighted by molar-refractivity contribution is 5.81. The molecule has 0 bridgehead atoms. The minimum atomic E-state index is -0.398. The van der Waals surface area contributed by atoms with Gasteiger partial charge in [0.05, 0.1) is 19.3 Å². The van der Waals surface area contributed by atoms with E-state index in [1.807, 2.05) is 17.0 Å². The van der Waals surface area contributed by atoms with Gasteiger partial charge in [0.25, 0.3) is 5.91 Å². The van der Waals surface area contributed by atoms with E-state index in [1.165, 1.54) is 11.1 Å². The highest BCUT2D eigenvalue weighted by Gasteiger charge is 2.32. The third-order valence-corrected chi connectivity index (χ3v) is 4.76. The van der Waals surface area contributed by atoms with Crippen LogP contribution >= 0.6 is 0 Å². The van der Waals surface area contributed by atoms with Gasteiger partial charge in [-0.2, -0.15) is 0 Å². The molecule has 1 aromatic heterocycles. The van der Waals surface area contributed by atoms with E-state index in [1.54, 1.807) is 18.6 Å². The first-order valence-electron chi connectivity index (χ1n) is 8.69. The van der Waals surface area contributed by atoms with Crippen molar-refractivity contribution in [2.24, 2.45) is 0 Å². The van der Waals surface area contributed by atoms with Gasteiger partial charge in [-0.05, 0) is 24.0 Å². The van der Waals surface area contributed by atoms with Crippen LogP contribution in [-0.2, 0) is 22.6 Å². The van der Waals surface area contributed by atoms with Crippen LogP contribution in [0.15, 0.2) is 42.9 Å². The Labute approximate surface area is 146 Å². The average Bonchev–Trinajstić information content (AvgIpc) is 2.68. The van der Waals surface area contributed by atoms with Crippen molar-refractivity contribution >= 4 is 5.91 Å². The quantitative estimate of drug-likeness (QED) is 0.856. The van der Waals surface area contributed by atoms with Crippen molar-refractivity contribution in [2.45, 2.75) is 38.1 Å². The molecule has 1 aromatic carbocycles. The van der Waals surface area contributed by atoms with Crippen molar-refractivity contribution in [3.63, 3.8) is 0 Å². The van der Waals surface area contributed by atoms with E-state index in [0.29, 0.717) is 25.5 Å². The van der Waals surface area contributed by atoms with Gasteiger partial charge in [-0.1, -0.05) is 24.3 Å². The number of carbonyl (C=O) groups is 1. The summed E-state index contributed by atoms with van der Waals surface area (Å²) in [5, 5.41) is 0. The molecule has 6 heteroatoms. The first-order chi connectivity index (χ1) is 12.3. The highest BCUT2D eigenvalue weighted by Crippen LogP contribution is 2.23. The Bertz CT molecular complexity index is 738. The predicted octanol–water partition coefficient (Wildman–Crippen LogP) is 1.99. The molecule has 0 saturated carbocycles. The molecule has 25 heavy (non-hydrogen) atoms. The highest BCUT2D eigenvalue weighted by atomic mass is 16.5. The normalized spacial score (nSPS) is 23.0. The number of aromatic nitrogens is 2. The van der Waals surface area contributed by atoms with Crippen molar-refractivity contribution in [2.75, 3.05) is 13.1 Å². The van der Waals surface area contributed by atoms with Crippen LogP contribution in [0.5, 0.6) is 5.88 Å². The van der Waals surface area contributed by atoms with Crippen LogP contribution in [-0.4, -0.2) is 46.1 Å². The maximum Gasteiger partial charge on any atom is 0.252 e. The van der Waals surface area contributed by atoms with Crippen LogP contribution in [0.25, 0.3) is 0 Å². The number of likely N-dealkylation sites (tertiary alicyclic amines) is 1. The van der Waals surface area contributed by atoms with E-state index < -0.39 is 6.10 Å². The van der Waals surface area contributed by atoms with Crippen LogP contribution in [0.2, 0.25) is 0 Å². The lowest BCUT2D eigenvalue weighted by Crippen LogP contribution is -2.49. The van der Waals surface area contributed by atoms with Crippen LogP contribution in [0, 0.1) is 0 Å². The van der Waals surface area contributed by atoms with Gasteiger partial charge in [-0.3, -0.25) is 9.78 Å². The summed E-state index contributed by atoms with van der Waals surface area (Å²) in [5.41, 5.74) is 2.38. The number of hydrogen-bond donors (Lipinski definition) is 0. The molecule has 1 amide bonds. The van der Waals surface area contributed by atoms with Gasteiger partial charge in [0, 0.05) is 25.4 Å². The lowest BCUT2D eigenvalue weighted by Gasteiger charge is -2.35. The van der Waals surface area contributed by atoms with E-state index in [4.69, 9.17) is 9.47 Å². The third kappa shape index (κ3) is 3.64. The zero-order valence-corrected chi connectivity index (χ0v) is 14.0. The summed E-state index contributed by atoms with van der Waals surface area (Å²) in [6.07, 6.45) is 6.84. The van der Waals surface area contributed by atoms with Crippen molar-refractivity contribution in [1.82, 2.24) is 14.9 Å². The largest absolute Gasteiger partial charge is 0.471 e. The fraction of sp³-hybridized carbons (Fsp3) is 0.421. The van der Waals surface area contributed by atoms with Crippen LogP contribution in [0.3, 0.4) is 0 Å². The van der Waals surface area contributed by atoms with Gasteiger partial charge in [0.1, 0.15) is 12.2 Å². The molecule has 3 heterocycles. The molecular weight excluding hydrogens is 318 g/mol. The molecule has 0 unspecified atom stereocenters. The molecule has 4 rings (SSSR count). The van der Waals surface area contributed by atoms with Crippen molar-refractivity contribution < 1.29 is 14.3 Å². The average molecular weight is 339 g/mol. The number of rotatable bonds is 3. The number of benzene rings is 1. The van der Waals surface area contributed by atoms with E-state index in [2.05, 4.69) is 22.1 Å². The van der Waals surface area contributed by atoms with Crippen molar-refractivity contribution in [3.8, 4) is 5.88 Å². The number of ether oxygens (including phenoxy) is 2. The molecular formula is C19H21N3O3. The predicted molar refractivity (Wildman–Crippen MR) is 91.0 cm³/mol. The second-order valence-electron chi connectivity index (χ2n) is 6.48. The summed E-state index contributed by atoms with van der Waals surface area (Å²) in [4.78, 5) is 22.9. The van der Waals surface area contributed by atoms with E-state index in [9.17, 15) is 4.79 Å². The molecule has 1 saturated heterocycles. The fourth-order valence-corrected chi connectivity index (χ4v) is 3.46. The molecule has 0 spiro atoms. The zero-order chi connectivity index (χ0) is 17.1. The molecule has 0 aliphatic carbocycles. The summed E-state index contributed by atoms with van der Waals surface area (Å²) >= 11 is 0. The van der Waals surface area contributed by atoms with Gasteiger partial charge < -0.3 is 14.4 Å². The summed E-state index contributed by atoms with van der Waals surface area (Å²) in [6, 6.07) is 8.15. The maximum atomic E-state index is 12.9. The lowest BCUT2D eigenvalue weighted by atomic mass is 9.98. The summed E-state index contributed by atoms with van der Waals surface area (Å²) in [6.45, 7) is 1.82. The van der Waals surface area contributed by atoms with Crippen molar-refractivity contribution in [1.29, 1.82) is 0 Å². The Morgan fingerprint density at radius 3 is 2.96 bits per heavy atom. The number of nitrogens with zero attached hydrogens (tertiary/aromatic N) is 3. The number of hydrogen-bond acceptors (Lipinski definition) is 5. The van der Waals surface area contributed by atoms with Gasteiger partial charge in [-0.15, -0.1) is 0 Å². The molecule has 0 radical (unpaired) electrons. The minimum Gasteiger partial charge on any atom is -0.471 e.